The van der Waals surface area contributed by atoms with E-state index in [4.69, 9.17) is 16.3 Å². The Morgan fingerprint density at radius 3 is 2.88 bits per heavy atom. The minimum atomic E-state index is -0.0444. The summed E-state index contributed by atoms with van der Waals surface area (Å²) in [6.45, 7) is 2.46. The van der Waals surface area contributed by atoms with Gasteiger partial charge in [0.05, 0.1) is 11.6 Å². The first-order chi connectivity index (χ1) is 7.67. The van der Waals surface area contributed by atoms with E-state index in [-0.39, 0.29) is 5.91 Å². The molecule has 1 rings (SSSR count). The molecule has 0 aromatic heterocycles. The molecule has 0 atom stereocenters. The van der Waals surface area contributed by atoms with Crippen molar-refractivity contribution >= 4 is 39.1 Å². The molecule has 5 heteroatoms. The summed E-state index contributed by atoms with van der Waals surface area (Å²) < 4.78 is 5.29. The highest BCUT2D eigenvalue weighted by Crippen LogP contribution is 2.27. The van der Waals surface area contributed by atoms with Gasteiger partial charge in [-0.3, -0.25) is 4.79 Å². The van der Waals surface area contributed by atoms with Crippen LogP contribution in [0.1, 0.15) is 13.3 Å². The number of carbonyl (C=O) groups excluding carboxylic acids is 1. The number of benzene rings is 1. The quantitative estimate of drug-likeness (QED) is 0.846. The van der Waals surface area contributed by atoms with E-state index in [1.165, 1.54) is 0 Å². The average molecular weight is 307 g/mol. The Morgan fingerprint density at radius 1 is 1.56 bits per heavy atom. The molecule has 0 spiro atoms. The van der Waals surface area contributed by atoms with Crippen molar-refractivity contribution in [2.75, 3.05) is 17.3 Å². The smallest absolute Gasteiger partial charge is 0.225 e. The molecule has 1 aromatic rings. The number of rotatable bonds is 5. The van der Waals surface area contributed by atoms with Gasteiger partial charge in [-0.2, -0.15) is 0 Å². The molecule has 0 bridgehead atoms. The van der Waals surface area contributed by atoms with E-state index in [9.17, 15) is 4.79 Å². The predicted molar refractivity (Wildman–Crippen MR) is 69.7 cm³/mol. The average Bonchev–Trinajstić information content (AvgIpc) is 2.22. The Bertz CT molecular complexity index is 371. The second-order valence-electron chi connectivity index (χ2n) is 3.07. The minimum absolute atomic E-state index is 0.0444. The number of nitrogens with one attached hydrogen (secondary N) is 1. The minimum Gasteiger partial charge on any atom is -0.492 e. The van der Waals surface area contributed by atoms with Crippen LogP contribution in [0.3, 0.4) is 0 Å². The molecule has 0 aliphatic rings. The summed E-state index contributed by atoms with van der Waals surface area (Å²) in [5, 5.41) is 3.89. The molecule has 88 valence electrons. The highest BCUT2D eigenvalue weighted by Gasteiger charge is 2.05. The van der Waals surface area contributed by atoms with E-state index in [0.29, 0.717) is 34.8 Å². The van der Waals surface area contributed by atoms with Gasteiger partial charge in [0, 0.05) is 17.4 Å². The fraction of sp³-hybridized carbons (Fsp3) is 0.364. The van der Waals surface area contributed by atoms with Crippen LogP contribution in [0.15, 0.2) is 18.2 Å². The first kappa shape index (κ1) is 13.3. The molecule has 16 heavy (non-hydrogen) atoms. The van der Waals surface area contributed by atoms with Crippen molar-refractivity contribution in [3.05, 3.63) is 23.2 Å². The number of alkyl halides is 1. The summed E-state index contributed by atoms with van der Waals surface area (Å²) in [5.41, 5.74) is 0.680. The van der Waals surface area contributed by atoms with E-state index in [0.717, 1.165) is 0 Å². The molecule has 0 saturated carbocycles. The third-order valence-electron chi connectivity index (χ3n) is 1.84. The number of halogens is 2. The molecular weight excluding hydrogens is 293 g/mol. The molecule has 0 unspecified atom stereocenters. The maximum Gasteiger partial charge on any atom is 0.225 e. The van der Waals surface area contributed by atoms with Crippen molar-refractivity contribution in [1.82, 2.24) is 0 Å². The lowest BCUT2D eigenvalue weighted by Crippen LogP contribution is -2.11. The van der Waals surface area contributed by atoms with Gasteiger partial charge in [0.1, 0.15) is 5.75 Å². The van der Waals surface area contributed by atoms with Crippen molar-refractivity contribution in [3.8, 4) is 5.75 Å². The second kappa shape index (κ2) is 6.76. The zero-order valence-corrected chi connectivity index (χ0v) is 11.3. The van der Waals surface area contributed by atoms with Gasteiger partial charge < -0.3 is 10.1 Å². The number of hydrogen-bond donors (Lipinski definition) is 1. The Hall–Kier alpha value is -0.740. The second-order valence-corrected chi connectivity index (χ2v) is 4.27. The van der Waals surface area contributed by atoms with Crippen LogP contribution >= 0.6 is 27.5 Å². The fourth-order valence-electron chi connectivity index (χ4n) is 1.16. The van der Waals surface area contributed by atoms with Crippen LogP contribution in [0.25, 0.3) is 0 Å². The molecule has 1 N–H and O–H groups in total. The molecule has 1 amide bonds. The van der Waals surface area contributed by atoms with Crippen molar-refractivity contribution in [2.45, 2.75) is 13.3 Å². The van der Waals surface area contributed by atoms with E-state index in [1.807, 2.05) is 6.92 Å². The lowest BCUT2D eigenvalue weighted by Gasteiger charge is -2.08. The zero-order chi connectivity index (χ0) is 12.0. The predicted octanol–water partition coefficient (Wildman–Crippen LogP) is 3.46. The Kier molecular flexibility index (Phi) is 5.63. The van der Waals surface area contributed by atoms with Gasteiger partial charge in [0.15, 0.2) is 0 Å². The van der Waals surface area contributed by atoms with Crippen molar-refractivity contribution in [1.29, 1.82) is 0 Å². The summed E-state index contributed by atoms with van der Waals surface area (Å²) in [6, 6.07) is 5.19. The Labute approximate surface area is 108 Å². The fourth-order valence-corrected chi connectivity index (χ4v) is 1.76. The van der Waals surface area contributed by atoms with Gasteiger partial charge >= 0.3 is 0 Å². The molecule has 0 aliphatic carbocycles. The van der Waals surface area contributed by atoms with Crippen LogP contribution in [0, 0.1) is 0 Å². The highest BCUT2D eigenvalue weighted by atomic mass is 79.9. The van der Waals surface area contributed by atoms with E-state index >= 15 is 0 Å². The summed E-state index contributed by atoms with van der Waals surface area (Å²) in [4.78, 5) is 11.3. The third kappa shape index (κ3) is 4.02. The summed E-state index contributed by atoms with van der Waals surface area (Å²) in [5.74, 6) is 0.583. The topological polar surface area (TPSA) is 38.3 Å². The molecule has 0 saturated heterocycles. The third-order valence-corrected chi connectivity index (χ3v) is 2.53. The van der Waals surface area contributed by atoms with Crippen LogP contribution in [0.5, 0.6) is 5.75 Å². The molecule has 0 radical (unpaired) electrons. The van der Waals surface area contributed by atoms with Crippen LogP contribution in [-0.4, -0.2) is 17.8 Å². The molecular formula is C11H13BrClNO2. The number of amides is 1. The number of hydrogen-bond acceptors (Lipinski definition) is 2. The normalized spacial score (nSPS) is 9.94. The maximum atomic E-state index is 11.3. The summed E-state index contributed by atoms with van der Waals surface area (Å²) in [7, 11) is 0. The molecule has 0 aliphatic heterocycles. The van der Waals surface area contributed by atoms with Crippen molar-refractivity contribution < 1.29 is 9.53 Å². The lowest BCUT2D eigenvalue weighted by atomic mass is 10.3. The number of carbonyl (C=O) groups is 1. The molecule has 1 aromatic carbocycles. The highest BCUT2D eigenvalue weighted by molar-refractivity contribution is 9.09. The van der Waals surface area contributed by atoms with Gasteiger partial charge in [0.25, 0.3) is 0 Å². The lowest BCUT2D eigenvalue weighted by molar-refractivity contribution is -0.115. The van der Waals surface area contributed by atoms with Gasteiger partial charge in [-0.05, 0) is 25.1 Å². The zero-order valence-electron chi connectivity index (χ0n) is 8.93. The van der Waals surface area contributed by atoms with E-state index in [2.05, 4.69) is 21.2 Å². The summed E-state index contributed by atoms with van der Waals surface area (Å²) >= 11 is 9.19. The largest absolute Gasteiger partial charge is 0.492 e. The van der Waals surface area contributed by atoms with Gasteiger partial charge in [-0.25, -0.2) is 0 Å². The molecule has 3 nitrogen and oxygen atoms in total. The number of ether oxygens (including phenoxy) is 1. The van der Waals surface area contributed by atoms with Crippen molar-refractivity contribution in [3.63, 3.8) is 0 Å². The van der Waals surface area contributed by atoms with Crippen LogP contribution in [0.4, 0.5) is 5.69 Å². The standard InChI is InChI=1S/C11H13BrClNO2/c1-2-16-10-4-3-8(7-9(10)13)14-11(15)5-6-12/h3-4,7H,2,5-6H2,1H3,(H,14,15). The Balaban J connectivity index is 2.69. The van der Waals surface area contributed by atoms with Crippen LogP contribution in [-0.2, 0) is 4.79 Å². The first-order valence-corrected chi connectivity index (χ1v) is 6.45. The maximum absolute atomic E-state index is 11.3. The van der Waals surface area contributed by atoms with Crippen molar-refractivity contribution in [2.24, 2.45) is 0 Å². The van der Waals surface area contributed by atoms with Crippen LogP contribution in [0.2, 0.25) is 5.02 Å². The monoisotopic (exact) mass is 305 g/mol. The molecule has 0 heterocycles. The number of anilines is 1. The first-order valence-electron chi connectivity index (χ1n) is 4.95. The SMILES string of the molecule is CCOc1ccc(NC(=O)CCBr)cc1Cl. The van der Waals surface area contributed by atoms with Gasteiger partial charge in [0.2, 0.25) is 5.91 Å². The Morgan fingerprint density at radius 2 is 2.31 bits per heavy atom. The van der Waals surface area contributed by atoms with Gasteiger partial charge in [-0.1, -0.05) is 27.5 Å². The van der Waals surface area contributed by atoms with E-state index < -0.39 is 0 Å². The van der Waals surface area contributed by atoms with Gasteiger partial charge in [-0.15, -0.1) is 0 Å². The molecule has 0 fully saturated rings. The van der Waals surface area contributed by atoms with E-state index in [1.54, 1.807) is 18.2 Å². The summed E-state index contributed by atoms with van der Waals surface area (Å²) in [6.07, 6.45) is 0.435. The van der Waals surface area contributed by atoms with Crippen LogP contribution < -0.4 is 10.1 Å².